The van der Waals surface area contributed by atoms with Crippen molar-refractivity contribution in [1.82, 2.24) is 4.90 Å². The summed E-state index contributed by atoms with van der Waals surface area (Å²) < 4.78 is 0. The van der Waals surface area contributed by atoms with E-state index in [1.54, 1.807) is 6.92 Å². The number of amides is 1. The highest BCUT2D eigenvalue weighted by Crippen LogP contribution is 2.12. The Labute approximate surface area is 92.8 Å². The normalized spacial score (nSPS) is 13.8. The van der Waals surface area contributed by atoms with Gasteiger partial charge in [0.2, 0.25) is 5.91 Å². The van der Waals surface area contributed by atoms with E-state index in [0.29, 0.717) is 5.57 Å². The molecule has 0 aromatic carbocycles. The molecule has 0 saturated carbocycles. The van der Waals surface area contributed by atoms with E-state index in [9.17, 15) is 9.90 Å². The van der Waals surface area contributed by atoms with Crippen LogP contribution in [0.15, 0.2) is 12.2 Å². The fourth-order valence-corrected chi connectivity index (χ4v) is 0.697. The van der Waals surface area contributed by atoms with Crippen molar-refractivity contribution in [1.29, 1.82) is 0 Å². The van der Waals surface area contributed by atoms with Gasteiger partial charge >= 0.3 is 0 Å². The van der Waals surface area contributed by atoms with Crippen LogP contribution in [-0.2, 0) is 4.79 Å². The zero-order valence-corrected chi connectivity index (χ0v) is 10.5. The van der Waals surface area contributed by atoms with Crippen molar-refractivity contribution >= 4 is 5.91 Å². The molecule has 1 atom stereocenters. The Morgan fingerprint density at radius 1 is 1.53 bits per heavy atom. The molecule has 0 saturated heterocycles. The highest BCUT2D eigenvalue weighted by molar-refractivity contribution is 5.90. The first-order valence-corrected chi connectivity index (χ1v) is 5.00. The molecule has 0 rings (SSSR count). The summed E-state index contributed by atoms with van der Waals surface area (Å²) in [6.45, 7) is 8.75. The molecule has 90 valence electrons. The molecule has 0 aromatic rings. The number of hydrogen-bond donors (Lipinski definition) is 2. The fourth-order valence-electron chi connectivity index (χ4n) is 0.697. The van der Waals surface area contributed by atoms with Gasteiger partial charge in [-0.3, -0.25) is 9.69 Å². The van der Waals surface area contributed by atoms with Crippen LogP contribution in [0.4, 0.5) is 0 Å². The average molecular weight is 216 g/mol. The number of hydrogen-bond acceptors (Lipinski definition) is 3. The molecule has 4 heteroatoms. The second kappa shape index (κ2) is 7.43. The second-order valence-electron chi connectivity index (χ2n) is 4.01. The van der Waals surface area contributed by atoms with E-state index in [1.165, 1.54) is 0 Å². The Balaban J connectivity index is 0. The number of nitrogens with two attached hydrogens (primary N) is 1. The van der Waals surface area contributed by atoms with E-state index in [1.807, 2.05) is 25.9 Å². The topological polar surface area (TPSA) is 66.6 Å². The van der Waals surface area contributed by atoms with Crippen molar-refractivity contribution in [3.8, 4) is 0 Å². The summed E-state index contributed by atoms with van der Waals surface area (Å²) in [6, 6.07) is 0. The van der Waals surface area contributed by atoms with Gasteiger partial charge in [-0.25, -0.2) is 0 Å². The average Bonchev–Trinajstić information content (AvgIpc) is 2.04. The maximum Gasteiger partial charge on any atom is 0.243 e. The van der Waals surface area contributed by atoms with Gasteiger partial charge in [0.1, 0.15) is 5.72 Å². The largest absolute Gasteiger partial charge is 0.376 e. The van der Waals surface area contributed by atoms with Crippen molar-refractivity contribution < 1.29 is 9.90 Å². The van der Waals surface area contributed by atoms with Crippen LogP contribution in [0.1, 0.15) is 33.6 Å². The highest BCUT2D eigenvalue weighted by Gasteiger charge is 2.20. The Kier molecular flexibility index (Phi) is 8.20. The van der Waals surface area contributed by atoms with Gasteiger partial charge in [-0.05, 0) is 34.4 Å². The van der Waals surface area contributed by atoms with E-state index in [0.717, 1.165) is 12.8 Å². The smallest absolute Gasteiger partial charge is 0.243 e. The third kappa shape index (κ3) is 9.43. The zero-order chi connectivity index (χ0) is 12.6. The lowest BCUT2D eigenvalue weighted by Gasteiger charge is -2.30. The minimum absolute atomic E-state index is 0.398. The predicted molar refractivity (Wildman–Crippen MR) is 63.2 cm³/mol. The van der Waals surface area contributed by atoms with Crippen LogP contribution < -0.4 is 5.73 Å². The molecule has 0 heterocycles. The van der Waals surface area contributed by atoms with Gasteiger partial charge in [0.25, 0.3) is 0 Å². The lowest BCUT2D eigenvalue weighted by atomic mass is 10.1. The van der Waals surface area contributed by atoms with Crippen LogP contribution in [0, 0.1) is 0 Å². The minimum atomic E-state index is -0.616. The van der Waals surface area contributed by atoms with Crippen LogP contribution >= 0.6 is 0 Å². The van der Waals surface area contributed by atoms with Crippen molar-refractivity contribution in [2.24, 2.45) is 5.73 Å². The maximum absolute atomic E-state index is 9.82. The molecular weight excluding hydrogens is 192 g/mol. The number of rotatable bonds is 4. The SMILES string of the molecule is C=C(C)C(N)=O.CCCC(C)(O)N(C)C. The molecule has 0 bridgehead atoms. The summed E-state index contributed by atoms with van der Waals surface area (Å²) in [7, 11) is 3.77. The molecule has 0 aromatic heterocycles. The number of carbonyl (C=O) groups excluding carboxylic acids is 1. The quantitative estimate of drug-likeness (QED) is 0.546. The van der Waals surface area contributed by atoms with E-state index in [2.05, 4.69) is 13.5 Å². The first-order valence-electron chi connectivity index (χ1n) is 5.00. The predicted octanol–water partition coefficient (Wildman–Crippen LogP) is 1.10. The van der Waals surface area contributed by atoms with Crippen LogP contribution in [0.25, 0.3) is 0 Å². The molecule has 3 N–H and O–H groups in total. The zero-order valence-electron chi connectivity index (χ0n) is 10.5. The van der Waals surface area contributed by atoms with Gasteiger partial charge in [0.15, 0.2) is 0 Å². The first kappa shape index (κ1) is 16.6. The number of aliphatic hydroxyl groups is 1. The van der Waals surface area contributed by atoms with Gasteiger partial charge in [-0.2, -0.15) is 0 Å². The molecule has 1 unspecified atom stereocenters. The standard InChI is InChI=1S/C7H17NO.C4H7NO/c1-5-6-7(2,9)8(3)4;1-3(2)4(5)6/h9H,5-6H2,1-4H3;1H2,2H3,(H2,5,6). The summed E-state index contributed by atoms with van der Waals surface area (Å²) in [5, 5.41) is 9.52. The van der Waals surface area contributed by atoms with Crippen molar-refractivity contribution in [3.63, 3.8) is 0 Å². The minimum Gasteiger partial charge on any atom is -0.376 e. The van der Waals surface area contributed by atoms with E-state index >= 15 is 0 Å². The molecule has 0 spiro atoms. The summed E-state index contributed by atoms with van der Waals surface area (Å²) in [6.07, 6.45) is 1.85. The van der Waals surface area contributed by atoms with Crippen LogP contribution in [0.5, 0.6) is 0 Å². The van der Waals surface area contributed by atoms with Gasteiger partial charge in [-0.1, -0.05) is 19.9 Å². The number of carbonyl (C=O) groups is 1. The molecule has 0 aliphatic rings. The van der Waals surface area contributed by atoms with Crippen LogP contribution in [0.2, 0.25) is 0 Å². The molecule has 1 amide bonds. The molecule has 0 aliphatic heterocycles. The molecule has 15 heavy (non-hydrogen) atoms. The van der Waals surface area contributed by atoms with Gasteiger partial charge in [0, 0.05) is 5.57 Å². The number of nitrogens with zero attached hydrogens (tertiary/aromatic N) is 1. The van der Waals surface area contributed by atoms with E-state index in [-0.39, 0.29) is 0 Å². The van der Waals surface area contributed by atoms with Crippen molar-refractivity contribution in [2.75, 3.05) is 14.1 Å². The van der Waals surface area contributed by atoms with Crippen molar-refractivity contribution in [2.45, 2.75) is 39.3 Å². The summed E-state index contributed by atoms with van der Waals surface area (Å²) in [4.78, 5) is 11.7. The Morgan fingerprint density at radius 3 is 1.93 bits per heavy atom. The van der Waals surface area contributed by atoms with Crippen LogP contribution in [0.3, 0.4) is 0 Å². The summed E-state index contributed by atoms with van der Waals surface area (Å²) >= 11 is 0. The third-order valence-corrected chi connectivity index (χ3v) is 2.11. The fraction of sp³-hybridized carbons (Fsp3) is 0.727. The highest BCUT2D eigenvalue weighted by atomic mass is 16.3. The molecule has 4 nitrogen and oxygen atoms in total. The Bertz CT molecular complexity index is 199. The first-order chi connectivity index (χ1) is 6.65. The molecular formula is C11H24N2O2. The second-order valence-corrected chi connectivity index (χ2v) is 4.01. The lowest BCUT2D eigenvalue weighted by molar-refractivity contribution is -0.114. The maximum atomic E-state index is 9.82. The van der Waals surface area contributed by atoms with Crippen LogP contribution in [-0.4, -0.2) is 35.7 Å². The van der Waals surface area contributed by atoms with Gasteiger partial charge in [-0.15, -0.1) is 0 Å². The molecule has 0 aliphatic carbocycles. The summed E-state index contributed by atoms with van der Waals surface area (Å²) in [5.41, 5.74) is 4.48. The third-order valence-electron chi connectivity index (χ3n) is 2.11. The van der Waals surface area contributed by atoms with Crippen molar-refractivity contribution in [3.05, 3.63) is 12.2 Å². The Morgan fingerprint density at radius 2 is 1.87 bits per heavy atom. The van der Waals surface area contributed by atoms with Gasteiger partial charge < -0.3 is 10.8 Å². The monoisotopic (exact) mass is 216 g/mol. The number of primary amides is 1. The molecule has 0 radical (unpaired) electrons. The summed E-state index contributed by atoms with van der Waals surface area (Å²) in [5.74, 6) is -0.435. The Hall–Kier alpha value is -0.870. The van der Waals surface area contributed by atoms with E-state index in [4.69, 9.17) is 5.73 Å². The van der Waals surface area contributed by atoms with E-state index < -0.39 is 11.6 Å². The van der Waals surface area contributed by atoms with Gasteiger partial charge in [0.05, 0.1) is 0 Å². The molecule has 0 fully saturated rings. The lowest BCUT2D eigenvalue weighted by Crippen LogP contribution is -2.40.